The Morgan fingerprint density at radius 2 is 2.11 bits per heavy atom. The molecular formula is C13H8Br2ClNOS. The SMILES string of the molecule is ClC(Cc1nc2ccccc2o1)c1cc(Br)c(Br)s1. The Morgan fingerprint density at radius 1 is 1.32 bits per heavy atom. The summed E-state index contributed by atoms with van der Waals surface area (Å²) in [5.41, 5.74) is 1.67. The summed E-state index contributed by atoms with van der Waals surface area (Å²) in [4.78, 5) is 5.52. The number of alkyl halides is 1. The van der Waals surface area contributed by atoms with Gasteiger partial charge in [-0.05, 0) is 50.1 Å². The summed E-state index contributed by atoms with van der Waals surface area (Å²) in [5.74, 6) is 0.668. The molecule has 0 saturated heterocycles. The zero-order valence-electron chi connectivity index (χ0n) is 9.57. The fourth-order valence-electron chi connectivity index (χ4n) is 1.78. The van der Waals surface area contributed by atoms with Crippen LogP contribution in [0.1, 0.15) is 16.1 Å². The van der Waals surface area contributed by atoms with Gasteiger partial charge in [-0.1, -0.05) is 12.1 Å². The van der Waals surface area contributed by atoms with Crippen molar-refractivity contribution in [2.45, 2.75) is 11.8 Å². The summed E-state index contributed by atoms with van der Waals surface area (Å²) in [6.45, 7) is 0. The molecule has 3 aromatic rings. The second-order valence-corrected chi connectivity index (χ2v) is 7.80. The van der Waals surface area contributed by atoms with E-state index in [9.17, 15) is 0 Å². The summed E-state index contributed by atoms with van der Waals surface area (Å²) in [7, 11) is 0. The maximum Gasteiger partial charge on any atom is 0.197 e. The third-order valence-electron chi connectivity index (χ3n) is 2.66. The largest absolute Gasteiger partial charge is 0.441 e. The first-order valence-corrected chi connectivity index (χ1v) is 8.40. The zero-order chi connectivity index (χ0) is 13.4. The first-order valence-electron chi connectivity index (χ1n) is 5.57. The molecule has 1 aromatic carbocycles. The Bertz CT molecular complexity index is 672. The van der Waals surface area contributed by atoms with Crippen LogP contribution in [0.15, 0.2) is 43.0 Å². The number of aromatic nitrogens is 1. The van der Waals surface area contributed by atoms with E-state index < -0.39 is 0 Å². The molecule has 0 N–H and O–H groups in total. The van der Waals surface area contributed by atoms with Gasteiger partial charge in [0.05, 0.1) is 9.16 Å². The molecule has 0 amide bonds. The number of benzene rings is 1. The Labute approximate surface area is 136 Å². The first-order chi connectivity index (χ1) is 9.13. The van der Waals surface area contributed by atoms with Gasteiger partial charge >= 0.3 is 0 Å². The van der Waals surface area contributed by atoms with E-state index in [1.807, 2.05) is 30.3 Å². The number of hydrogen-bond acceptors (Lipinski definition) is 3. The van der Waals surface area contributed by atoms with Crippen LogP contribution < -0.4 is 0 Å². The van der Waals surface area contributed by atoms with Gasteiger partial charge in [-0.15, -0.1) is 22.9 Å². The van der Waals surface area contributed by atoms with Gasteiger partial charge in [-0.25, -0.2) is 4.98 Å². The molecule has 1 atom stereocenters. The molecule has 2 heterocycles. The highest BCUT2D eigenvalue weighted by Crippen LogP contribution is 2.38. The Hall–Kier alpha value is -0.360. The van der Waals surface area contributed by atoms with E-state index >= 15 is 0 Å². The quantitative estimate of drug-likeness (QED) is 0.490. The van der Waals surface area contributed by atoms with E-state index in [-0.39, 0.29) is 5.38 Å². The molecular weight excluding hydrogens is 413 g/mol. The van der Waals surface area contributed by atoms with Crippen molar-refractivity contribution < 1.29 is 4.42 Å². The second-order valence-electron chi connectivity index (χ2n) is 4.02. The Balaban J connectivity index is 1.84. The van der Waals surface area contributed by atoms with Crippen molar-refractivity contribution in [3.8, 4) is 0 Å². The Kier molecular flexibility index (Phi) is 3.98. The number of oxazole rings is 1. The summed E-state index contributed by atoms with van der Waals surface area (Å²) in [6, 6.07) is 9.75. The lowest BCUT2D eigenvalue weighted by molar-refractivity contribution is 0.526. The van der Waals surface area contributed by atoms with Gasteiger partial charge in [-0.2, -0.15) is 0 Å². The molecule has 2 aromatic heterocycles. The van der Waals surface area contributed by atoms with E-state index in [4.69, 9.17) is 16.0 Å². The van der Waals surface area contributed by atoms with Crippen LogP contribution >= 0.6 is 54.8 Å². The molecule has 6 heteroatoms. The maximum absolute atomic E-state index is 6.42. The predicted octanol–water partition coefficient (Wildman–Crippen LogP) is 5.94. The molecule has 98 valence electrons. The molecule has 0 saturated carbocycles. The lowest BCUT2D eigenvalue weighted by Crippen LogP contribution is -1.93. The van der Waals surface area contributed by atoms with Gasteiger partial charge in [0, 0.05) is 15.8 Å². The fourth-order valence-corrected chi connectivity index (χ4v) is 4.17. The monoisotopic (exact) mass is 419 g/mol. The highest BCUT2D eigenvalue weighted by molar-refractivity contribution is 9.13. The van der Waals surface area contributed by atoms with Gasteiger partial charge in [0.25, 0.3) is 0 Å². The summed E-state index contributed by atoms with van der Waals surface area (Å²) >= 11 is 15.0. The molecule has 0 aliphatic rings. The van der Waals surface area contributed by atoms with Gasteiger partial charge in [0.15, 0.2) is 11.5 Å². The van der Waals surface area contributed by atoms with Gasteiger partial charge < -0.3 is 4.42 Å². The summed E-state index contributed by atoms with van der Waals surface area (Å²) < 4.78 is 7.75. The van der Waals surface area contributed by atoms with Crippen LogP contribution in [0.3, 0.4) is 0 Å². The van der Waals surface area contributed by atoms with Crippen molar-refractivity contribution in [3.05, 3.63) is 49.4 Å². The number of hydrogen-bond donors (Lipinski definition) is 0. The van der Waals surface area contributed by atoms with E-state index in [1.165, 1.54) is 0 Å². The lowest BCUT2D eigenvalue weighted by atomic mass is 10.2. The van der Waals surface area contributed by atoms with Crippen molar-refractivity contribution in [2.24, 2.45) is 0 Å². The molecule has 2 nitrogen and oxygen atoms in total. The molecule has 1 unspecified atom stereocenters. The number of thiophene rings is 1. The van der Waals surface area contributed by atoms with Crippen LogP contribution in [-0.2, 0) is 6.42 Å². The van der Waals surface area contributed by atoms with Crippen LogP contribution in [0.2, 0.25) is 0 Å². The third kappa shape index (κ3) is 2.89. The summed E-state index contributed by atoms with van der Waals surface area (Å²) in [6.07, 6.45) is 0.579. The number of nitrogens with zero attached hydrogens (tertiary/aromatic N) is 1. The number of fused-ring (bicyclic) bond motifs is 1. The predicted molar refractivity (Wildman–Crippen MR) is 86.0 cm³/mol. The van der Waals surface area contributed by atoms with Crippen LogP contribution in [0.4, 0.5) is 0 Å². The fraction of sp³-hybridized carbons (Fsp3) is 0.154. The van der Waals surface area contributed by atoms with E-state index in [1.54, 1.807) is 11.3 Å². The molecule has 0 fully saturated rings. The molecule has 0 aliphatic carbocycles. The number of para-hydroxylation sites is 2. The van der Waals surface area contributed by atoms with Crippen molar-refractivity contribution in [1.82, 2.24) is 4.98 Å². The minimum atomic E-state index is -0.138. The zero-order valence-corrected chi connectivity index (χ0v) is 14.3. The van der Waals surface area contributed by atoms with Crippen molar-refractivity contribution >= 4 is 65.9 Å². The molecule has 19 heavy (non-hydrogen) atoms. The first kappa shape index (κ1) is 13.6. The average molecular weight is 422 g/mol. The van der Waals surface area contributed by atoms with Crippen molar-refractivity contribution in [1.29, 1.82) is 0 Å². The van der Waals surface area contributed by atoms with Gasteiger partial charge in [0.2, 0.25) is 0 Å². The smallest absolute Gasteiger partial charge is 0.197 e. The Morgan fingerprint density at radius 3 is 2.79 bits per heavy atom. The lowest BCUT2D eigenvalue weighted by Gasteiger charge is -2.02. The van der Waals surface area contributed by atoms with Gasteiger partial charge in [-0.3, -0.25) is 0 Å². The van der Waals surface area contributed by atoms with E-state index in [0.717, 1.165) is 24.2 Å². The minimum absolute atomic E-state index is 0.138. The maximum atomic E-state index is 6.42. The van der Waals surface area contributed by atoms with Crippen LogP contribution in [0.25, 0.3) is 11.1 Å². The number of halogens is 3. The molecule has 0 aliphatic heterocycles. The summed E-state index contributed by atoms with van der Waals surface area (Å²) in [5, 5.41) is -0.138. The van der Waals surface area contributed by atoms with E-state index in [2.05, 4.69) is 36.8 Å². The highest BCUT2D eigenvalue weighted by atomic mass is 79.9. The van der Waals surface area contributed by atoms with Crippen molar-refractivity contribution in [2.75, 3.05) is 0 Å². The molecule has 0 spiro atoms. The van der Waals surface area contributed by atoms with Crippen molar-refractivity contribution in [3.63, 3.8) is 0 Å². The van der Waals surface area contributed by atoms with Crippen LogP contribution in [0.5, 0.6) is 0 Å². The third-order valence-corrected chi connectivity index (χ3v) is 6.55. The van der Waals surface area contributed by atoms with Crippen LogP contribution in [-0.4, -0.2) is 4.98 Å². The van der Waals surface area contributed by atoms with Crippen LogP contribution in [0, 0.1) is 0 Å². The minimum Gasteiger partial charge on any atom is -0.441 e. The van der Waals surface area contributed by atoms with Gasteiger partial charge in [0.1, 0.15) is 5.52 Å². The average Bonchev–Trinajstić information content (AvgIpc) is 2.93. The second kappa shape index (κ2) is 5.56. The molecule has 3 rings (SSSR count). The van der Waals surface area contributed by atoms with E-state index in [0.29, 0.717) is 12.3 Å². The number of rotatable bonds is 3. The molecule has 0 radical (unpaired) electrons. The standard InChI is InChI=1S/C13H8Br2ClNOS/c14-7-5-11(19-13(7)15)8(16)6-12-17-9-3-1-2-4-10(9)18-12/h1-5,8H,6H2. The highest BCUT2D eigenvalue weighted by Gasteiger charge is 2.17. The normalized spacial score (nSPS) is 13.0. The topological polar surface area (TPSA) is 26.0 Å². The molecule has 0 bridgehead atoms.